The van der Waals surface area contributed by atoms with Gasteiger partial charge in [-0.25, -0.2) is 8.42 Å². The van der Waals surface area contributed by atoms with Crippen molar-refractivity contribution in [1.29, 1.82) is 0 Å². The molecule has 1 aromatic rings. The fraction of sp³-hybridized carbons (Fsp3) is 0.786. The van der Waals surface area contributed by atoms with E-state index in [1.165, 1.54) is 0 Å². The van der Waals surface area contributed by atoms with Crippen LogP contribution in [0.1, 0.15) is 51.4 Å². The quantitative estimate of drug-likeness (QED) is 0.730. The summed E-state index contributed by atoms with van der Waals surface area (Å²) in [4.78, 5) is 0.327. The molecule has 1 rings (SSSR count). The van der Waals surface area contributed by atoms with Crippen LogP contribution >= 0.6 is 0 Å². The zero-order valence-electron chi connectivity index (χ0n) is 13.7. The third kappa shape index (κ3) is 4.05. The van der Waals surface area contributed by atoms with E-state index in [0.717, 1.165) is 19.3 Å². The topological polar surface area (TPSA) is 78.1 Å². The van der Waals surface area contributed by atoms with Crippen molar-refractivity contribution in [3.63, 3.8) is 0 Å². The number of nitrogens with one attached hydrogen (secondary N) is 2. The number of rotatable bonds is 9. The molecule has 0 aliphatic carbocycles. The Labute approximate surface area is 128 Å². The summed E-state index contributed by atoms with van der Waals surface area (Å²) in [5.74, 6) is 0. The lowest BCUT2D eigenvalue weighted by Gasteiger charge is -2.27. The predicted octanol–water partition coefficient (Wildman–Crippen LogP) is 2.03. The Morgan fingerprint density at radius 3 is 2.57 bits per heavy atom. The number of aromatic amines is 1. The normalized spacial score (nSPS) is 13.8. The Morgan fingerprint density at radius 2 is 2.05 bits per heavy atom. The summed E-state index contributed by atoms with van der Waals surface area (Å²) in [6.45, 7) is 8.78. The fourth-order valence-corrected chi connectivity index (χ4v) is 4.39. The lowest BCUT2D eigenvalue weighted by Crippen LogP contribution is -2.39. The molecule has 122 valence electrons. The third-order valence-corrected chi connectivity index (χ3v) is 5.90. The summed E-state index contributed by atoms with van der Waals surface area (Å²) in [6.07, 6.45) is 2.62. The molecule has 0 bridgehead atoms. The number of H-pyrrole nitrogens is 1. The van der Waals surface area contributed by atoms with Crippen molar-refractivity contribution in [1.82, 2.24) is 19.8 Å². The third-order valence-electron chi connectivity index (χ3n) is 3.69. The minimum atomic E-state index is -3.53. The first-order valence-electron chi connectivity index (χ1n) is 7.60. The van der Waals surface area contributed by atoms with E-state index in [9.17, 15) is 8.42 Å². The summed E-state index contributed by atoms with van der Waals surface area (Å²) in [6, 6.07) is -0.0155. The average Bonchev–Trinajstić information content (AvgIpc) is 2.80. The maximum absolute atomic E-state index is 13.1. The minimum absolute atomic E-state index is 0.0155. The van der Waals surface area contributed by atoms with Crippen molar-refractivity contribution in [2.45, 2.75) is 64.4 Å². The zero-order valence-corrected chi connectivity index (χ0v) is 14.5. The molecule has 0 amide bonds. The van der Waals surface area contributed by atoms with Crippen LogP contribution in [0.2, 0.25) is 0 Å². The molecule has 1 unspecified atom stereocenters. The lowest BCUT2D eigenvalue weighted by atomic mass is 10.2. The second-order valence-corrected chi connectivity index (χ2v) is 7.21. The second-order valence-electron chi connectivity index (χ2n) is 5.38. The van der Waals surface area contributed by atoms with Gasteiger partial charge in [-0.1, -0.05) is 20.3 Å². The minimum Gasteiger partial charge on any atom is -0.314 e. The monoisotopic (exact) mass is 316 g/mol. The standard InChI is InChI=1S/C14H28N4O2S/c1-6-8-9-18(11(3)7-2)21(19,20)14-12(4)16-17-13(14)10-15-5/h11,15H,6-10H2,1-5H3,(H,16,17). The van der Waals surface area contributed by atoms with Gasteiger partial charge in [0.1, 0.15) is 4.90 Å². The average molecular weight is 316 g/mol. The van der Waals surface area contributed by atoms with E-state index in [-0.39, 0.29) is 6.04 Å². The van der Waals surface area contributed by atoms with Gasteiger partial charge in [-0.15, -0.1) is 0 Å². The van der Waals surface area contributed by atoms with Gasteiger partial charge in [0.15, 0.2) is 0 Å². The molecule has 0 spiro atoms. The fourth-order valence-electron chi connectivity index (χ4n) is 2.31. The van der Waals surface area contributed by atoms with Crippen LogP contribution < -0.4 is 5.32 Å². The molecule has 0 saturated carbocycles. The van der Waals surface area contributed by atoms with Crippen molar-refractivity contribution in [3.05, 3.63) is 11.4 Å². The van der Waals surface area contributed by atoms with Crippen LogP contribution in [0.15, 0.2) is 4.90 Å². The Hall–Kier alpha value is -0.920. The van der Waals surface area contributed by atoms with Gasteiger partial charge in [-0.2, -0.15) is 9.40 Å². The van der Waals surface area contributed by atoms with E-state index in [0.29, 0.717) is 29.4 Å². The second kappa shape index (κ2) is 7.91. The van der Waals surface area contributed by atoms with Gasteiger partial charge in [0.25, 0.3) is 0 Å². The van der Waals surface area contributed by atoms with Gasteiger partial charge in [-0.3, -0.25) is 5.10 Å². The lowest BCUT2D eigenvalue weighted by molar-refractivity contribution is 0.323. The van der Waals surface area contributed by atoms with E-state index < -0.39 is 10.0 Å². The molecule has 21 heavy (non-hydrogen) atoms. The van der Waals surface area contributed by atoms with Crippen LogP contribution in [-0.2, 0) is 16.6 Å². The number of sulfonamides is 1. The van der Waals surface area contributed by atoms with Crippen molar-refractivity contribution < 1.29 is 8.42 Å². The van der Waals surface area contributed by atoms with Gasteiger partial charge in [-0.05, 0) is 33.7 Å². The number of aromatic nitrogens is 2. The predicted molar refractivity (Wildman–Crippen MR) is 84.6 cm³/mol. The molecule has 6 nitrogen and oxygen atoms in total. The molecule has 0 aromatic carbocycles. The highest BCUT2D eigenvalue weighted by molar-refractivity contribution is 7.89. The molecule has 0 radical (unpaired) electrons. The summed E-state index contributed by atoms with van der Waals surface area (Å²) >= 11 is 0. The molecule has 1 heterocycles. The van der Waals surface area contributed by atoms with Gasteiger partial charge in [0, 0.05) is 19.1 Å². The van der Waals surface area contributed by atoms with E-state index in [1.807, 2.05) is 13.8 Å². The Morgan fingerprint density at radius 1 is 1.38 bits per heavy atom. The number of hydrogen-bond donors (Lipinski definition) is 2. The molecular weight excluding hydrogens is 288 g/mol. The zero-order chi connectivity index (χ0) is 16.0. The molecule has 1 atom stereocenters. The van der Waals surface area contributed by atoms with Gasteiger partial charge >= 0.3 is 0 Å². The number of hydrogen-bond acceptors (Lipinski definition) is 4. The molecule has 7 heteroatoms. The molecule has 0 aliphatic heterocycles. The van der Waals surface area contributed by atoms with Gasteiger partial charge in [0.05, 0.1) is 11.4 Å². The highest BCUT2D eigenvalue weighted by Crippen LogP contribution is 2.25. The van der Waals surface area contributed by atoms with Crippen LogP contribution in [-0.4, -0.2) is 42.6 Å². The van der Waals surface area contributed by atoms with Gasteiger partial charge in [0.2, 0.25) is 10.0 Å². The first-order chi connectivity index (χ1) is 9.89. The Bertz CT molecular complexity index is 539. The van der Waals surface area contributed by atoms with E-state index in [2.05, 4.69) is 22.4 Å². The molecule has 0 aliphatic rings. The molecule has 2 N–H and O–H groups in total. The molecule has 0 saturated heterocycles. The van der Waals surface area contributed by atoms with Crippen LogP contribution in [0.3, 0.4) is 0 Å². The van der Waals surface area contributed by atoms with Crippen LogP contribution in [0.4, 0.5) is 0 Å². The highest BCUT2D eigenvalue weighted by Gasteiger charge is 2.32. The summed E-state index contributed by atoms with van der Waals surface area (Å²) < 4.78 is 27.7. The van der Waals surface area contributed by atoms with Crippen molar-refractivity contribution in [2.24, 2.45) is 0 Å². The summed E-state index contributed by atoms with van der Waals surface area (Å²) in [5, 5.41) is 9.90. The summed E-state index contributed by atoms with van der Waals surface area (Å²) in [5.41, 5.74) is 1.16. The van der Waals surface area contributed by atoms with Gasteiger partial charge < -0.3 is 5.32 Å². The highest BCUT2D eigenvalue weighted by atomic mass is 32.2. The smallest absolute Gasteiger partial charge is 0.247 e. The van der Waals surface area contributed by atoms with E-state index in [4.69, 9.17) is 0 Å². The SMILES string of the molecule is CCCCN(C(C)CC)S(=O)(=O)c1c(CNC)n[nH]c1C. The largest absolute Gasteiger partial charge is 0.314 e. The number of unbranched alkanes of at least 4 members (excludes halogenated alkanes) is 1. The van der Waals surface area contributed by atoms with Crippen molar-refractivity contribution >= 4 is 10.0 Å². The Kier molecular flexibility index (Phi) is 6.83. The number of nitrogens with zero attached hydrogens (tertiary/aromatic N) is 2. The van der Waals surface area contributed by atoms with Crippen molar-refractivity contribution in [3.8, 4) is 0 Å². The first kappa shape index (κ1) is 18.1. The molecule has 0 fully saturated rings. The van der Waals surface area contributed by atoms with E-state index in [1.54, 1.807) is 18.3 Å². The van der Waals surface area contributed by atoms with E-state index >= 15 is 0 Å². The maximum Gasteiger partial charge on any atom is 0.247 e. The number of aryl methyl sites for hydroxylation is 1. The van der Waals surface area contributed by atoms with Crippen LogP contribution in [0.25, 0.3) is 0 Å². The molecular formula is C14H28N4O2S. The maximum atomic E-state index is 13.1. The summed E-state index contributed by atoms with van der Waals surface area (Å²) in [7, 11) is -1.74. The van der Waals surface area contributed by atoms with Crippen LogP contribution in [0.5, 0.6) is 0 Å². The molecule has 1 aromatic heterocycles. The van der Waals surface area contributed by atoms with Crippen molar-refractivity contribution in [2.75, 3.05) is 13.6 Å². The first-order valence-corrected chi connectivity index (χ1v) is 9.04. The van der Waals surface area contributed by atoms with Crippen LogP contribution in [0, 0.1) is 6.92 Å². The Balaban J connectivity index is 3.25.